The number of anilines is 1. The Labute approximate surface area is 92.1 Å². The molecule has 1 aromatic rings. The molecule has 1 aromatic carbocycles. The lowest BCUT2D eigenvalue weighted by atomic mass is 10.1. The van der Waals surface area contributed by atoms with E-state index in [1.807, 2.05) is 0 Å². The predicted octanol–water partition coefficient (Wildman–Crippen LogP) is 2.03. The van der Waals surface area contributed by atoms with Crippen LogP contribution in [-0.2, 0) is 6.42 Å². The molecular formula is C13H20N2. The molecule has 1 atom stereocenters. The monoisotopic (exact) mass is 204 g/mol. The Balaban J connectivity index is 2.08. The topological polar surface area (TPSA) is 29.3 Å². The normalized spacial score (nSPS) is 16.9. The van der Waals surface area contributed by atoms with E-state index in [4.69, 9.17) is 5.73 Å². The van der Waals surface area contributed by atoms with Gasteiger partial charge >= 0.3 is 0 Å². The Bertz CT molecular complexity index is 333. The van der Waals surface area contributed by atoms with Crippen molar-refractivity contribution >= 4 is 5.69 Å². The number of nitrogens with two attached hydrogens (primary N) is 1. The molecule has 0 amide bonds. The fraction of sp³-hybridized carbons (Fsp3) is 0.538. The summed E-state index contributed by atoms with van der Waals surface area (Å²) in [5, 5.41) is 0. The number of fused-ring (bicyclic) bond motifs is 1. The molecule has 2 heteroatoms. The highest BCUT2D eigenvalue weighted by atomic mass is 15.2. The van der Waals surface area contributed by atoms with E-state index in [0.717, 1.165) is 13.1 Å². The van der Waals surface area contributed by atoms with E-state index in [0.29, 0.717) is 5.92 Å². The van der Waals surface area contributed by atoms with Gasteiger partial charge in [0.25, 0.3) is 0 Å². The minimum atomic E-state index is 0.274. The van der Waals surface area contributed by atoms with Gasteiger partial charge in [0.05, 0.1) is 0 Å². The molecular weight excluding hydrogens is 184 g/mol. The zero-order valence-corrected chi connectivity index (χ0v) is 9.61. The predicted molar refractivity (Wildman–Crippen MR) is 65.2 cm³/mol. The summed E-state index contributed by atoms with van der Waals surface area (Å²) in [6.07, 6.45) is 1.17. The molecule has 2 N–H and O–H groups in total. The van der Waals surface area contributed by atoms with Crippen LogP contribution in [0.4, 0.5) is 5.69 Å². The Morgan fingerprint density at radius 2 is 2.07 bits per heavy atom. The Kier molecular flexibility index (Phi) is 2.96. The first-order chi connectivity index (χ1) is 7.18. The summed E-state index contributed by atoms with van der Waals surface area (Å²) in [7, 11) is 0. The molecule has 1 aliphatic heterocycles. The molecule has 2 nitrogen and oxygen atoms in total. The van der Waals surface area contributed by atoms with Crippen molar-refractivity contribution in [2.75, 3.05) is 18.0 Å². The zero-order valence-electron chi connectivity index (χ0n) is 9.61. The van der Waals surface area contributed by atoms with Gasteiger partial charge in [-0.3, -0.25) is 0 Å². The van der Waals surface area contributed by atoms with Gasteiger partial charge in [0.15, 0.2) is 0 Å². The van der Waals surface area contributed by atoms with Gasteiger partial charge in [-0.05, 0) is 24.0 Å². The summed E-state index contributed by atoms with van der Waals surface area (Å²) >= 11 is 0. The van der Waals surface area contributed by atoms with E-state index >= 15 is 0 Å². The average Bonchev–Trinajstić information content (AvgIpc) is 2.62. The molecule has 82 valence electrons. The van der Waals surface area contributed by atoms with Gasteiger partial charge in [0.1, 0.15) is 0 Å². The Morgan fingerprint density at radius 1 is 1.33 bits per heavy atom. The molecule has 0 aromatic heterocycles. The van der Waals surface area contributed by atoms with Crippen LogP contribution in [0.25, 0.3) is 0 Å². The van der Waals surface area contributed by atoms with Crippen LogP contribution in [-0.4, -0.2) is 19.1 Å². The lowest BCUT2D eigenvalue weighted by Gasteiger charge is -2.25. The number of hydrogen-bond acceptors (Lipinski definition) is 2. The molecule has 15 heavy (non-hydrogen) atoms. The first-order valence-electron chi connectivity index (χ1n) is 5.77. The minimum absolute atomic E-state index is 0.274. The second-order valence-electron chi connectivity index (χ2n) is 4.73. The third kappa shape index (κ3) is 2.15. The van der Waals surface area contributed by atoms with E-state index in [1.54, 1.807) is 0 Å². The summed E-state index contributed by atoms with van der Waals surface area (Å²) in [6.45, 7) is 6.48. The van der Waals surface area contributed by atoms with Gasteiger partial charge in [0.2, 0.25) is 0 Å². The molecule has 0 aliphatic carbocycles. The average molecular weight is 204 g/mol. The van der Waals surface area contributed by atoms with Crippen molar-refractivity contribution in [2.45, 2.75) is 26.3 Å². The SMILES string of the molecule is CC(C)C(N)CN1CCc2ccccc21. The van der Waals surface area contributed by atoms with E-state index in [-0.39, 0.29) is 6.04 Å². The number of para-hydroxylation sites is 1. The van der Waals surface area contributed by atoms with Gasteiger partial charge in [-0.1, -0.05) is 32.0 Å². The molecule has 2 rings (SSSR count). The summed E-state index contributed by atoms with van der Waals surface area (Å²) in [4.78, 5) is 2.42. The van der Waals surface area contributed by atoms with Crippen LogP contribution in [0.1, 0.15) is 19.4 Å². The van der Waals surface area contributed by atoms with Gasteiger partial charge in [-0.25, -0.2) is 0 Å². The molecule has 1 unspecified atom stereocenters. The van der Waals surface area contributed by atoms with Gasteiger partial charge in [-0.2, -0.15) is 0 Å². The Hall–Kier alpha value is -1.02. The van der Waals surface area contributed by atoms with Crippen LogP contribution in [0, 0.1) is 5.92 Å². The first-order valence-corrected chi connectivity index (χ1v) is 5.77. The van der Waals surface area contributed by atoms with E-state index in [1.165, 1.54) is 17.7 Å². The Morgan fingerprint density at radius 3 is 2.80 bits per heavy atom. The fourth-order valence-electron chi connectivity index (χ4n) is 2.06. The van der Waals surface area contributed by atoms with Crippen LogP contribution in [0.15, 0.2) is 24.3 Å². The molecule has 0 radical (unpaired) electrons. The van der Waals surface area contributed by atoms with Crippen LogP contribution in [0.5, 0.6) is 0 Å². The summed E-state index contributed by atoms with van der Waals surface area (Å²) in [5.74, 6) is 0.553. The highest BCUT2D eigenvalue weighted by Gasteiger charge is 2.20. The maximum absolute atomic E-state index is 6.11. The van der Waals surface area contributed by atoms with Gasteiger partial charge in [0, 0.05) is 24.8 Å². The molecule has 1 heterocycles. The number of rotatable bonds is 3. The summed E-state index contributed by atoms with van der Waals surface area (Å²) in [6, 6.07) is 8.92. The largest absolute Gasteiger partial charge is 0.369 e. The van der Waals surface area contributed by atoms with Gasteiger partial charge < -0.3 is 10.6 Å². The van der Waals surface area contributed by atoms with E-state index < -0.39 is 0 Å². The fourth-order valence-corrected chi connectivity index (χ4v) is 2.06. The highest BCUT2D eigenvalue weighted by Crippen LogP contribution is 2.27. The highest BCUT2D eigenvalue weighted by molar-refractivity contribution is 5.57. The molecule has 0 saturated heterocycles. The van der Waals surface area contributed by atoms with Crippen LogP contribution < -0.4 is 10.6 Å². The molecule has 0 saturated carbocycles. The van der Waals surface area contributed by atoms with Crippen molar-refractivity contribution in [3.8, 4) is 0 Å². The smallest absolute Gasteiger partial charge is 0.0400 e. The third-order valence-corrected chi connectivity index (χ3v) is 3.27. The van der Waals surface area contributed by atoms with Crippen molar-refractivity contribution in [2.24, 2.45) is 11.7 Å². The van der Waals surface area contributed by atoms with Crippen molar-refractivity contribution in [1.82, 2.24) is 0 Å². The number of nitrogens with zero attached hydrogens (tertiary/aromatic N) is 1. The lowest BCUT2D eigenvalue weighted by molar-refractivity contribution is 0.488. The molecule has 0 spiro atoms. The van der Waals surface area contributed by atoms with Crippen LogP contribution >= 0.6 is 0 Å². The second kappa shape index (κ2) is 4.23. The molecule has 0 fully saturated rings. The summed E-state index contributed by atoms with van der Waals surface area (Å²) < 4.78 is 0. The standard InChI is InChI=1S/C13H20N2/c1-10(2)12(14)9-15-8-7-11-5-3-4-6-13(11)15/h3-6,10,12H,7-9,14H2,1-2H3. The van der Waals surface area contributed by atoms with Crippen molar-refractivity contribution in [1.29, 1.82) is 0 Å². The third-order valence-electron chi connectivity index (χ3n) is 3.27. The molecule has 1 aliphatic rings. The maximum Gasteiger partial charge on any atom is 0.0400 e. The number of hydrogen-bond donors (Lipinski definition) is 1. The van der Waals surface area contributed by atoms with Crippen LogP contribution in [0.3, 0.4) is 0 Å². The molecule has 0 bridgehead atoms. The minimum Gasteiger partial charge on any atom is -0.369 e. The summed E-state index contributed by atoms with van der Waals surface area (Å²) in [5.41, 5.74) is 8.96. The van der Waals surface area contributed by atoms with Crippen molar-refractivity contribution in [3.05, 3.63) is 29.8 Å². The number of benzene rings is 1. The van der Waals surface area contributed by atoms with E-state index in [2.05, 4.69) is 43.0 Å². The maximum atomic E-state index is 6.11. The van der Waals surface area contributed by atoms with Crippen molar-refractivity contribution < 1.29 is 0 Å². The van der Waals surface area contributed by atoms with E-state index in [9.17, 15) is 0 Å². The lowest BCUT2D eigenvalue weighted by Crippen LogP contribution is -2.40. The van der Waals surface area contributed by atoms with Crippen molar-refractivity contribution in [3.63, 3.8) is 0 Å². The second-order valence-corrected chi connectivity index (χ2v) is 4.73. The zero-order chi connectivity index (χ0) is 10.8. The first kappa shape index (κ1) is 10.5. The quantitative estimate of drug-likeness (QED) is 0.816. The van der Waals surface area contributed by atoms with Crippen LogP contribution in [0.2, 0.25) is 0 Å². The van der Waals surface area contributed by atoms with Gasteiger partial charge in [-0.15, -0.1) is 0 Å².